The molecule has 1 aromatic rings. The first-order chi connectivity index (χ1) is 9.56. The summed E-state index contributed by atoms with van der Waals surface area (Å²) in [5.74, 6) is 0. The molecule has 112 valence electrons. The van der Waals surface area contributed by atoms with E-state index >= 15 is 0 Å². The molecule has 0 saturated heterocycles. The van der Waals surface area contributed by atoms with Gasteiger partial charge in [-0.3, -0.25) is 0 Å². The Kier molecular flexibility index (Phi) is 5.06. The Hall–Kier alpha value is -1.06. The number of aliphatic hydroxyl groups excluding tert-OH is 1. The highest BCUT2D eigenvalue weighted by atomic mass is 16.3. The van der Waals surface area contributed by atoms with E-state index in [1.54, 1.807) is 0 Å². The van der Waals surface area contributed by atoms with Gasteiger partial charge < -0.3 is 15.3 Å². The number of benzene rings is 1. The molecule has 3 nitrogen and oxygen atoms in total. The van der Waals surface area contributed by atoms with Crippen molar-refractivity contribution in [2.45, 2.75) is 51.6 Å². The molecule has 0 spiro atoms. The van der Waals surface area contributed by atoms with Crippen LogP contribution in [-0.4, -0.2) is 36.4 Å². The van der Waals surface area contributed by atoms with Crippen molar-refractivity contribution in [3.8, 4) is 0 Å². The Bertz CT molecular complexity index is 414. The second-order valence-corrected chi connectivity index (χ2v) is 6.30. The molecule has 0 heterocycles. The molecular weight excluding hydrogens is 248 g/mol. The Morgan fingerprint density at radius 2 is 1.95 bits per heavy atom. The van der Waals surface area contributed by atoms with Crippen molar-refractivity contribution in [1.82, 2.24) is 5.32 Å². The maximum Gasteiger partial charge on any atom is 0.0611 e. The van der Waals surface area contributed by atoms with E-state index in [-0.39, 0.29) is 12.1 Å². The monoisotopic (exact) mass is 276 g/mol. The predicted molar refractivity (Wildman–Crippen MR) is 85.3 cm³/mol. The van der Waals surface area contributed by atoms with Gasteiger partial charge in [0.2, 0.25) is 0 Å². The summed E-state index contributed by atoms with van der Waals surface area (Å²) in [6, 6.07) is 9.31. The van der Waals surface area contributed by atoms with Gasteiger partial charge in [0.15, 0.2) is 0 Å². The number of aliphatic hydroxyl groups is 1. The lowest BCUT2D eigenvalue weighted by molar-refractivity contribution is 0.165. The fraction of sp³-hybridized carbons (Fsp3) is 0.647. The zero-order valence-electron chi connectivity index (χ0n) is 13.0. The van der Waals surface area contributed by atoms with Gasteiger partial charge >= 0.3 is 0 Å². The van der Waals surface area contributed by atoms with Crippen LogP contribution < -0.4 is 10.2 Å². The summed E-state index contributed by atoms with van der Waals surface area (Å²) >= 11 is 0. The summed E-state index contributed by atoms with van der Waals surface area (Å²) < 4.78 is 0. The smallest absolute Gasteiger partial charge is 0.0611 e. The Morgan fingerprint density at radius 1 is 1.30 bits per heavy atom. The van der Waals surface area contributed by atoms with Crippen LogP contribution in [0.3, 0.4) is 0 Å². The van der Waals surface area contributed by atoms with Gasteiger partial charge in [0.1, 0.15) is 0 Å². The molecule has 0 aromatic heterocycles. The lowest BCUT2D eigenvalue weighted by Crippen LogP contribution is -2.49. The Labute approximate surface area is 123 Å². The van der Waals surface area contributed by atoms with Crippen molar-refractivity contribution in [2.75, 3.05) is 24.6 Å². The number of nitrogens with zero attached hydrogens (tertiary/aromatic N) is 1. The van der Waals surface area contributed by atoms with Crippen molar-refractivity contribution in [3.63, 3.8) is 0 Å². The van der Waals surface area contributed by atoms with E-state index in [1.165, 1.54) is 24.1 Å². The number of hydrogen-bond acceptors (Lipinski definition) is 3. The molecule has 2 N–H and O–H groups in total. The fourth-order valence-electron chi connectivity index (χ4n) is 2.52. The van der Waals surface area contributed by atoms with Crippen molar-refractivity contribution in [1.29, 1.82) is 0 Å². The van der Waals surface area contributed by atoms with E-state index in [0.717, 1.165) is 19.5 Å². The minimum atomic E-state index is -0.153. The molecule has 1 unspecified atom stereocenters. The summed E-state index contributed by atoms with van der Waals surface area (Å²) in [5.41, 5.74) is 2.41. The molecule has 1 aliphatic carbocycles. The largest absolute Gasteiger partial charge is 0.394 e. The molecule has 0 radical (unpaired) electrons. The van der Waals surface area contributed by atoms with Gasteiger partial charge in [0.05, 0.1) is 6.61 Å². The maximum absolute atomic E-state index is 9.67. The van der Waals surface area contributed by atoms with E-state index in [0.29, 0.717) is 6.04 Å². The molecule has 0 bridgehead atoms. The van der Waals surface area contributed by atoms with Gasteiger partial charge in [0.25, 0.3) is 0 Å². The van der Waals surface area contributed by atoms with Crippen molar-refractivity contribution in [3.05, 3.63) is 29.8 Å². The van der Waals surface area contributed by atoms with E-state index in [1.807, 2.05) is 0 Å². The third kappa shape index (κ3) is 4.22. The number of aryl methyl sites for hydroxylation is 1. The highest BCUT2D eigenvalue weighted by Crippen LogP contribution is 2.24. The van der Waals surface area contributed by atoms with Gasteiger partial charge in [0, 0.05) is 30.4 Å². The van der Waals surface area contributed by atoms with Crippen LogP contribution in [0.2, 0.25) is 0 Å². The fourth-order valence-corrected chi connectivity index (χ4v) is 2.52. The first-order valence-electron chi connectivity index (χ1n) is 7.76. The zero-order chi connectivity index (χ0) is 14.6. The predicted octanol–water partition coefficient (Wildman–Crippen LogP) is 2.71. The SMILES string of the molecule is CCN(CCC(C)(CO)NC1CC1)c1ccc(C)cc1. The normalized spacial score (nSPS) is 17.8. The molecule has 0 aliphatic heterocycles. The number of rotatable bonds is 8. The van der Waals surface area contributed by atoms with Crippen LogP contribution in [0, 0.1) is 6.92 Å². The lowest BCUT2D eigenvalue weighted by Gasteiger charge is -2.33. The highest BCUT2D eigenvalue weighted by Gasteiger charge is 2.32. The first-order valence-corrected chi connectivity index (χ1v) is 7.76. The van der Waals surface area contributed by atoms with Crippen LogP contribution in [0.25, 0.3) is 0 Å². The molecule has 1 fully saturated rings. The lowest BCUT2D eigenvalue weighted by atomic mass is 9.98. The molecule has 20 heavy (non-hydrogen) atoms. The van der Waals surface area contributed by atoms with Crippen LogP contribution >= 0.6 is 0 Å². The maximum atomic E-state index is 9.67. The van der Waals surface area contributed by atoms with E-state index in [9.17, 15) is 5.11 Å². The summed E-state index contributed by atoms with van der Waals surface area (Å²) in [7, 11) is 0. The summed E-state index contributed by atoms with van der Waals surface area (Å²) in [6.45, 7) is 8.60. The third-order valence-corrected chi connectivity index (χ3v) is 4.19. The van der Waals surface area contributed by atoms with Crippen molar-refractivity contribution >= 4 is 5.69 Å². The second-order valence-electron chi connectivity index (χ2n) is 6.30. The van der Waals surface area contributed by atoms with Gasteiger partial charge in [-0.2, -0.15) is 0 Å². The van der Waals surface area contributed by atoms with Gasteiger partial charge in [-0.25, -0.2) is 0 Å². The van der Waals surface area contributed by atoms with Crippen LogP contribution in [-0.2, 0) is 0 Å². The molecule has 1 saturated carbocycles. The van der Waals surface area contributed by atoms with Gasteiger partial charge in [-0.15, -0.1) is 0 Å². The van der Waals surface area contributed by atoms with Crippen LogP contribution in [0.4, 0.5) is 5.69 Å². The van der Waals surface area contributed by atoms with Crippen LogP contribution in [0.15, 0.2) is 24.3 Å². The standard InChI is InChI=1S/C17H28N2O/c1-4-19(16-9-5-14(2)6-10-16)12-11-17(3,13-20)18-15-7-8-15/h5-6,9-10,15,18,20H,4,7-8,11-13H2,1-3H3. The minimum Gasteiger partial charge on any atom is -0.394 e. The van der Waals surface area contributed by atoms with Crippen molar-refractivity contribution < 1.29 is 5.11 Å². The minimum absolute atomic E-state index is 0.153. The number of hydrogen-bond donors (Lipinski definition) is 2. The third-order valence-electron chi connectivity index (χ3n) is 4.19. The van der Waals surface area contributed by atoms with Crippen molar-refractivity contribution in [2.24, 2.45) is 0 Å². The number of anilines is 1. The number of nitrogens with one attached hydrogen (secondary N) is 1. The highest BCUT2D eigenvalue weighted by molar-refractivity contribution is 5.47. The quantitative estimate of drug-likeness (QED) is 0.766. The summed E-state index contributed by atoms with van der Waals surface area (Å²) in [4.78, 5) is 2.38. The summed E-state index contributed by atoms with van der Waals surface area (Å²) in [6.07, 6.45) is 3.47. The van der Waals surface area contributed by atoms with E-state index in [2.05, 4.69) is 55.3 Å². The molecular formula is C17H28N2O. The van der Waals surface area contributed by atoms with E-state index < -0.39 is 0 Å². The molecule has 1 atom stereocenters. The Balaban J connectivity index is 1.93. The van der Waals surface area contributed by atoms with Crippen LogP contribution in [0.1, 0.15) is 38.7 Å². The average Bonchev–Trinajstić information content (AvgIpc) is 3.25. The van der Waals surface area contributed by atoms with Gasteiger partial charge in [-0.1, -0.05) is 17.7 Å². The molecule has 2 rings (SSSR count). The summed E-state index contributed by atoms with van der Waals surface area (Å²) in [5, 5.41) is 13.3. The molecule has 0 amide bonds. The zero-order valence-corrected chi connectivity index (χ0v) is 13.0. The Morgan fingerprint density at radius 3 is 2.45 bits per heavy atom. The van der Waals surface area contributed by atoms with Crippen LogP contribution in [0.5, 0.6) is 0 Å². The molecule has 3 heteroatoms. The molecule has 1 aliphatic rings. The molecule has 1 aromatic carbocycles. The van der Waals surface area contributed by atoms with E-state index in [4.69, 9.17) is 0 Å². The van der Waals surface area contributed by atoms with Gasteiger partial charge in [-0.05, 0) is 52.2 Å². The average molecular weight is 276 g/mol. The first kappa shape index (κ1) is 15.3. The second kappa shape index (κ2) is 6.59. The topological polar surface area (TPSA) is 35.5 Å².